The summed E-state index contributed by atoms with van der Waals surface area (Å²) in [5, 5.41) is 134. The number of carboxylic acids is 1. The van der Waals surface area contributed by atoms with E-state index in [9.17, 15) is 75.7 Å². The number of amides is 2. The van der Waals surface area contributed by atoms with Gasteiger partial charge in [0.25, 0.3) is 0 Å². The summed E-state index contributed by atoms with van der Waals surface area (Å²) < 4.78 is 45.6. The van der Waals surface area contributed by atoms with Crippen LogP contribution in [0.1, 0.15) is 27.2 Å². The van der Waals surface area contributed by atoms with Gasteiger partial charge in [0.2, 0.25) is 17.6 Å². The van der Waals surface area contributed by atoms with E-state index in [2.05, 4.69) is 10.6 Å². The summed E-state index contributed by atoms with van der Waals surface area (Å²) in [6.07, 6.45) is -34.3. The number of carbonyl (C=O) groups excluding carboxylic acids is 3. The van der Waals surface area contributed by atoms with Crippen molar-refractivity contribution in [2.45, 2.75) is 155 Å². The maximum absolute atomic E-state index is 12.8. The zero-order valence-corrected chi connectivity index (χ0v) is 34.2. The second-order valence-corrected chi connectivity index (χ2v) is 14.2. The molecule has 26 heteroatoms. The van der Waals surface area contributed by atoms with E-state index in [1.54, 1.807) is 0 Å². The first-order valence-electron chi connectivity index (χ1n) is 17.9. The third-order valence-electron chi connectivity index (χ3n) is 10.1. The van der Waals surface area contributed by atoms with Gasteiger partial charge in [0, 0.05) is 27.4 Å². The van der Waals surface area contributed by atoms with Crippen molar-refractivity contribution < 1.29 is 143 Å². The molecule has 4 rings (SSSR count). The number of carboxylic acid groups (broad SMARTS) is 1. The van der Waals surface area contributed by atoms with Crippen LogP contribution < -0.4 is 45.3 Å². The zero-order chi connectivity index (χ0) is 42.7. The summed E-state index contributed by atoms with van der Waals surface area (Å²) in [5.41, 5.74) is 0. The predicted octanol–water partition coefficient (Wildman–Crippen LogP) is -12.9. The molecule has 0 bridgehead atoms. The van der Waals surface area contributed by atoms with Crippen molar-refractivity contribution in [3.8, 4) is 0 Å². The molecule has 4 aliphatic heterocycles. The third-order valence-corrected chi connectivity index (χ3v) is 10.1. The van der Waals surface area contributed by atoms with Gasteiger partial charge in [-0.25, -0.2) is 0 Å². The summed E-state index contributed by atoms with van der Waals surface area (Å²) in [4.78, 5) is 37.1. The Bertz CT molecular complexity index is 1360. The topological polar surface area (TPSA) is 395 Å². The second kappa shape index (κ2) is 21.6. The van der Waals surface area contributed by atoms with E-state index >= 15 is 0 Å². The number of carbonyl (C=O) groups is 3. The molecule has 13 N–H and O–H groups in total. The molecule has 2 amide bonds. The van der Waals surface area contributed by atoms with Crippen molar-refractivity contribution >= 4 is 17.8 Å². The van der Waals surface area contributed by atoms with Crippen LogP contribution in [0.5, 0.6) is 0 Å². The minimum Gasteiger partial charge on any atom is -0.544 e. The Labute approximate surface area is 352 Å². The summed E-state index contributed by atoms with van der Waals surface area (Å²) in [6, 6.07) is -3.01. The van der Waals surface area contributed by atoms with E-state index in [0.717, 1.165) is 13.8 Å². The minimum absolute atomic E-state index is 0. The van der Waals surface area contributed by atoms with E-state index in [1.165, 1.54) is 14.0 Å². The molecule has 0 aromatic rings. The fraction of sp³-hybridized carbons (Fsp3) is 0.906. The van der Waals surface area contributed by atoms with Crippen molar-refractivity contribution in [1.29, 1.82) is 0 Å². The standard InChI is InChI=1S/C32H54N2O23.Na/c1-9-18(42)21(45)22(46)29(51-9)55-26-17(34-11(3)39)28(50-4)53-15(8-37)24(26)54-30-23(47)27(20(44)14(7-36)52-30)57-32(31(48)49)5-12(40)16(33-10(2)38)25(56-32)19(43)13(41)6-35;/h9,12-30,35-37,40-47H,5-8H2,1-4H3,(H,33,38)(H,34,39)(H,48,49);/q;+1/p-1/t9-,12-,13+,14+,15+,16+,17+,18+,19+,20-,21+,22-,23+,24+,25+,26+,27-,28+,29-,30-,32-;/m0./s1. The van der Waals surface area contributed by atoms with Crippen molar-refractivity contribution in [1.82, 2.24) is 10.6 Å². The Morgan fingerprint density at radius 1 is 0.759 bits per heavy atom. The van der Waals surface area contributed by atoms with Gasteiger partial charge in [-0.1, -0.05) is 0 Å². The first kappa shape index (κ1) is 51.0. The van der Waals surface area contributed by atoms with E-state index in [1.807, 2.05) is 0 Å². The van der Waals surface area contributed by atoms with Gasteiger partial charge < -0.3 is 115 Å². The number of hydrogen-bond donors (Lipinski definition) is 13. The molecule has 4 saturated heterocycles. The molecular weight excluding hydrogens is 803 g/mol. The summed E-state index contributed by atoms with van der Waals surface area (Å²) in [6.45, 7) is 0.445. The number of hydrogen-bond acceptors (Lipinski definition) is 23. The van der Waals surface area contributed by atoms with Crippen LogP contribution in [0, 0.1) is 0 Å². The first-order valence-corrected chi connectivity index (χ1v) is 17.9. The molecule has 0 aromatic heterocycles. The number of ether oxygens (including phenoxy) is 8. The van der Waals surface area contributed by atoms with Crippen molar-refractivity contribution in [3.63, 3.8) is 0 Å². The fourth-order valence-corrected chi connectivity index (χ4v) is 7.17. The molecular formula is C32H53N2NaO23. The predicted molar refractivity (Wildman–Crippen MR) is 175 cm³/mol. The normalized spacial score (nSPS) is 44.3. The molecule has 4 aliphatic rings. The number of methoxy groups -OCH3 is 1. The van der Waals surface area contributed by atoms with Crippen LogP contribution in [0.25, 0.3) is 0 Å². The summed E-state index contributed by atoms with van der Waals surface area (Å²) in [7, 11) is 1.17. The van der Waals surface area contributed by atoms with Crippen molar-refractivity contribution in [2.24, 2.45) is 0 Å². The molecule has 4 heterocycles. The Balaban J connectivity index is 0.00000900. The number of nitrogens with one attached hydrogen (secondary N) is 2. The Kier molecular flexibility index (Phi) is 19.0. The number of aliphatic carboxylic acids is 1. The summed E-state index contributed by atoms with van der Waals surface area (Å²) in [5.74, 6) is -6.94. The van der Waals surface area contributed by atoms with Gasteiger partial charge in [-0.2, -0.15) is 0 Å². The van der Waals surface area contributed by atoms with Gasteiger partial charge in [0.15, 0.2) is 18.9 Å². The minimum atomic E-state index is -3.21. The first-order chi connectivity index (χ1) is 26.7. The molecule has 21 atom stereocenters. The molecule has 25 nitrogen and oxygen atoms in total. The quantitative estimate of drug-likeness (QED) is 0.0680. The molecule has 0 spiro atoms. The fourth-order valence-electron chi connectivity index (χ4n) is 7.17. The van der Waals surface area contributed by atoms with Crippen LogP contribution in [0.3, 0.4) is 0 Å². The van der Waals surface area contributed by atoms with Gasteiger partial charge in [-0.05, 0) is 6.92 Å². The third kappa shape index (κ3) is 11.0. The maximum Gasteiger partial charge on any atom is 1.00 e. The molecule has 0 radical (unpaired) electrons. The zero-order valence-electron chi connectivity index (χ0n) is 32.2. The second-order valence-electron chi connectivity index (χ2n) is 14.2. The van der Waals surface area contributed by atoms with Gasteiger partial charge in [-0.15, -0.1) is 0 Å². The molecule has 58 heavy (non-hydrogen) atoms. The van der Waals surface area contributed by atoms with Gasteiger partial charge in [0.05, 0.1) is 38.1 Å². The average molecular weight is 857 g/mol. The van der Waals surface area contributed by atoms with Crippen LogP contribution in [-0.4, -0.2) is 229 Å². The molecule has 0 unspecified atom stereocenters. The Hall–Kier alpha value is -1.35. The Morgan fingerprint density at radius 2 is 1.31 bits per heavy atom. The monoisotopic (exact) mass is 856 g/mol. The number of rotatable bonds is 15. The molecule has 0 aromatic carbocycles. The van der Waals surface area contributed by atoms with Crippen molar-refractivity contribution in [2.75, 3.05) is 26.9 Å². The molecule has 4 fully saturated rings. The van der Waals surface area contributed by atoms with Gasteiger partial charge in [-0.3, -0.25) is 9.59 Å². The van der Waals surface area contributed by atoms with Crippen LogP contribution in [0.4, 0.5) is 0 Å². The number of aliphatic hydroxyl groups excluding tert-OH is 11. The largest absolute Gasteiger partial charge is 1.00 e. The van der Waals surface area contributed by atoms with Crippen LogP contribution in [0.15, 0.2) is 0 Å². The van der Waals surface area contributed by atoms with Gasteiger partial charge >= 0.3 is 29.6 Å². The van der Waals surface area contributed by atoms with Crippen molar-refractivity contribution in [3.05, 3.63) is 0 Å². The van der Waals surface area contributed by atoms with E-state index in [-0.39, 0.29) is 29.6 Å². The van der Waals surface area contributed by atoms with E-state index in [0.29, 0.717) is 0 Å². The molecule has 330 valence electrons. The summed E-state index contributed by atoms with van der Waals surface area (Å²) >= 11 is 0. The van der Waals surface area contributed by atoms with Crippen LogP contribution in [0.2, 0.25) is 0 Å². The van der Waals surface area contributed by atoms with Crippen LogP contribution in [-0.2, 0) is 52.3 Å². The van der Waals surface area contributed by atoms with E-state index < -0.39 is 172 Å². The van der Waals surface area contributed by atoms with E-state index in [4.69, 9.17) is 37.9 Å². The Morgan fingerprint density at radius 3 is 1.84 bits per heavy atom. The number of aliphatic hydroxyl groups is 11. The SMILES string of the molecule is CO[C@@H]1O[C@H](CO)[C@@H](O[C@@H]2O[C@H](CO)[C@H](O)[C@H](O[C@]3(C(=O)[O-])C[C@H](O)[C@@H](NC(C)=O)[C@H]([C@H](O)[C@H](O)CO)O3)[C@H]2O)[C@H](O[C@@H]2O[C@@H](C)[C@@H](O)[C@@H](O)[C@@H]2O)[C@H]1NC(C)=O.[Na+]. The smallest absolute Gasteiger partial charge is 0.544 e. The van der Waals surface area contributed by atoms with Gasteiger partial charge in [0.1, 0.15) is 91.4 Å². The van der Waals surface area contributed by atoms with Crippen LogP contribution >= 0.6 is 0 Å². The maximum atomic E-state index is 12.8. The molecule has 0 saturated carbocycles. The average Bonchev–Trinajstić information content (AvgIpc) is 3.16. The molecule has 0 aliphatic carbocycles.